The molecule has 0 saturated carbocycles. The van der Waals surface area contributed by atoms with Crippen LogP contribution in [0.3, 0.4) is 0 Å². The summed E-state index contributed by atoms with van der Waals surface area (Å²) in [4.78, 5) is 0. The zero-order valence-corrected chi connectivity index (χ0v) is 11.6. The van der Waals surface area contributed by atoms with Gasteiger partial charge in [0.25, 0.3) is 0 Å². The highest BCUT2D eigenvalue weighted by atomic mass is 35.5. The summed E-state index contributed by atoms with van der Waals surface area (Å²) in [5.41, 5.74) is 1.03. The highest BCUT2D eigenvalue weighted by Crippen LogP contribution is 2.18. The molecule has 1 aromatic carbocycles. The first-order valence-corrected chi connectivity index (χ1v) is 7.34. The van der Waals surface area contributed by atoms with Crippen LogP contribution in [0.5, 0.6) is 0 Å². The minimum Gasteiger partial charge on any atom is -0.311 e. The Morgan fingerprint density at radius 1 is 1.31 bits per heavy atom. The number of hydrogen-bond donors (Lipinski definition) is 1. The molecule has 16 heavy (non-hydrogen) atoms. The molecule has 0 aliphatic heterocycles. The van der Waals surface area contributed by atoms with Crippen LogP contribution in [0.15, 0.2) is 18.2 Å². The molecule has 90 valence electrons. The topological polar surface area (TPSA) is 29.1 Å². The molecule has 1 aromatic rings. The molecule has 0 amide bonds. The van der Waals surface area contributed by atoms with Crippen LogP contribution >= 0.6 is 23.2 Å². The van der Waals surface area contributed by atoms with Crippen molar-refractivity contribution in [3.05, 3.63) is 33.8 Å². The Labute approximate surface area is 109 Å². The molecule has 2 atom stereocenters. The fourth-order valence-electron chi connectivity index (χ4n) is 1.25. The molecule has 1 N–H and O–H groups in total. The quantitative estimate of drug-likeness (QED) is 0.898. The number of rotatable bonds is 5. The standard InChI is InChI=1S/C11H15Cl2NOS/c1-8(16(2)15)6-14-7-9-3-10(12)5-11(13)4-9/h3-5,8,14H,6-7H2,1-2H3. The summed E-state index contributed by atoms with van der Waals surface area (Å²) < 4.78 is 11.1. The Balaban J connectivity index is 2.46. The number of hydrogen-bond acceptors (Lipinski definition) is 2. The lowest BCUT2D eigenvalue weighted by Gasteiger charge is -2.10. The smallest absolute Gasteiger partial charge is 0.0441 e. The summed E-state index contributed by atoms with van der Waals surface area (Å²) in [6.45, 7) is 3.35. The van der Waals surface area contributed by atoms with E-state index in [-0.39, 0.29) is 5.25 Å². The summed E-state index contributed by atoms with van der Waals surface area (Å²) >= 11 is 11.8. The van der Waals surface area contributed by atoms with Crippen LogP contribution in [-0.4, -0.2) is 22.3 Å². The van der Waals surface area contributed by atoms with Gasteiger partial charge in [-0.2, -0.15) is 0 Å². The zero-order valence-electron chi connectivity index (χ0n) is 9.30. The number of halogens is 2. The SMILES string of the molecule is CC(CNCc1cc(Cl)cc(Cl)c1)S(C)=O. The Morgan fingerprint density at radius 3 is 2.38 bits per heavy atom. The van der Waals surface area contributed by atoms with Gasteiger partial charge >= 0.3 is 0 Å². The molecule has 2 nitrogen and oxygen atoms in total. The zero-order chi connectivity index (χ0) is 12.1. The van der Waals surface area contributed by atoms with Crippen LogP contribution in [0, 0.1) is 0 Å². The minimum absolute atomic E-state index is 0.148. The predicted molar refractivity (Wildman–Crippen MR) is 71.7 cm³/mol. The van der Waals surface area contributed by atoms with Crippen LogP contribution < -0.4 is 5.32 Å². The van der Waals surface area contributed by atoms with E-state index in [9.17, 15) is 4.21 Å². The number of benzene rings is 1. The van der Waals surface area contributed by atoms with Gasteiger partial charge in [0.1, 0.15) is 0 Å². The summed E-state index contributed by atoms with van der Waals surface area (Å²) in [5.74, 6) is 0. The fourth-order valence-corrected chi connectivity index (χ4v) is 2.17. The van der Waals surface area contributed by atoms with Gasteiger partial charge in [-0.15, -0.1) is 0 Å². The van der Waals surface area contributed by atoms with Crippen molar-refractivity contribution in [2.75, 3.05) is 12.8 Å². The van der Waals surface area contributed by atoms with Crippen molar-refractivity contribution in [3.63, 3.8) is 0 Å². The van der Waals surface area contributed by atoms with Crippen LogP contribution in [0.1, 0.15) is 12.5 Å². The summed E-state index contributed by atoms with van der Waals surface area (Å²) in [6.07, 6.45) is 1.71. The van der Waals surface area contributed by atoms with Crippen molar-refractivity contribution in [1.29, 1.82) is 0 Å². The van der Waals surface area contributed by atoms with Crippen LogP contribution in [0.4, 0.5) is 0 Å². The highest BCUT2D eigenvalue weighted by molar-refractivity contribution is 7.84. The van der Waals surface area contributed by atoms with Crippen molar-refractivity contribution in [1.82, 2.24) is 5.32 Å². The molecule has 1 rings (SSSR count). The van der Waals surface area contributed by atoms with E-state index in [1.165, 1.54) is 0 Å². The molecule has 0 aliphatic carbocycles. The molecule has 0 heterocycles. The summed E-state index contributed by atoms with van der Waals surface area (Å²) in [6, 6.07) is 5.44. The summed E-state index contributed by atoms with van der Waals surface area (Å²) in [7, 11) is -0.792. The molecular formula is C11H15Cl2NOS. The lowest BCUT2D eigenvalue weighted by Crippen LogP contribution is -2.27. The average Bonchev–Trinajstić information content (AvgIpc) is 2.15. The molecule has 0 aromatic heterocycles. The molecule has 5 heteroatoms. The van der Waals surface area contributed by atoms with E-state index in [1.807, 2.05) is 19.1 Å². The Kier molecular flexibility index (Phi) is 5.76. The molecule has 0 fully saturated rings. The third-order valence-electron chi connectivity index (χ3n) is 2.25. The van der Waals surface area contributed by atoms with Crippen LogP contribution in [0.25, 0.3) is 0 Å². The Morgan fingerprint density at radius 2 is 1.88 bits per heavy atom. The van der Waals surface area contributed by atoms with E-state index in [2.05, 4.69) is 5.32 Å². The molecule has 0 saturated heterocycles. The van der Waals surface area contributed by atoms with Gasteiger partial charge < -0.3 is 5.32 Å². The van der Waals surface area contributed by atoms with Crippen molar-refractivity contribution in [3.8, 4) is 0 Å². The first-order valence-electron chi connectivity index (χ1n) is 4.97. The summed E-state index contributed by atoms with van der Waals surface area (Å²) in [5, 5.41) is 4.65. The normalized spacial score (nSPS) is 14.8. The van der Waals surface area contributed by atoms with Crippen LogP contribution in [0.2, 0.25) is 10.0 Å². The maximum absolute atomic E-state index is 11.1. The molecule has 0 bridgehead atoms. The van der Waals surface area contributed by atoms with Crippen molar-refractivity contribution < 1.29 is 4.21 Å². The van der Waals surface area contributed by atoms with E-state index in [0.29, 0.717) is 23.1 Å². The van der Waals surface area contributed by atoms with Gasteiger partial charge in [0, 0.05) is 45.4 Å². The lowest BCUT2D eigenvalue weighted by atomic mass is 10.2. The largest absolute Gasteiger partial charge is 0.311 e. The molecule has 0 radical (unpaired) electrons. The van der Waals surface area contributed by atoms with Crippen molar-refractivity contribution in [2.24, 2.45) is 0 Å². The molecule has 0 spiro atoms. The van der Waals surface area contributed by atoms with Gasteiger partial charge in [-0.1, -0.05) is 23.2 Å². The Hall–Kier alpha value is -0.0900. The van der Waals surface area contributed by atoms with Crippen molar-refractivity contribution in [2.45, 2.75) is 18.7 Å². The van der Waals surface area contributed by atoms with E-state index in [0.717, 1.165) is 5.56 Å². The predicted octanol–water partition coefficient (Wildman–Crippen LogP) is 2.85. The van der Waals surface area contributed by atoms with E-state index < -0.39 is 10.8 Å². The van der Waals surface area contributed by atoms with Crippen LogP contribution in [-0.2, 0) is 17.3 Å². The molecule has 2 unspecified atom stereocenters. The van der Waals surface area contributed by atoms with Gasteiger partial charge in [-0.25, -0.2) is 0 Å². The first kappa shape index (κ1) is 14.0. The minimum atomic E-state index is -0.792. The average molecular weight is 280 g/mol. The monoisotopic (exact) mass is 279 g/mol. The number of nitrogens with one attached hydrogen (secondary N) is 1. The second kappa shape index (κ2) is 6.60. The third kappa shape index (κ3) is 4.83. The second-order valence-electron chi connectivity index (χ2n) is 3.72. The lowest BCUT2D eigenvalue weighted by molar-refractivity contribution is 0.647. The van der Waals surface area contributed by atoms with E-state index in [1.54, 1.807) is 12.3 Å². The maximum atomic E-state index is 11.1. The Bertz CT molecular complexity index is 364. The van der Waals surface area contributed by atoms with Gasteiger partial charge in [-0.3, -0.25) is 4.21 Å². The van der Waals surface area contributed by atoms with Gasteiger partial charge in [0.15, 0.2) is 0 Å². The van der Waals surface area contributed by atoms with Gasteiger partial charge in [-0.05, 0) is 30.7 Å². The third-order valence-corrected chi connectivity index (χ3v) is 3.99. The molecular weight excluding hydrogens is 265 g/mol. The first-order chi connectivity index (χ1) is 7.49. The van der Waals surface area contributed by atoms with Gasteiger partial charge in [0.2, 0.25) is 0 Å². The highest BCUT2D eigenvalue weighted by Gasteiger charge is 2.05. The fraction of sp³-hybridized carbons (Fsp3) is 0.455. The van der Waals surface area contributed by atoms with E-state index in [4.69, 9.17) is 23.2 Å². The maximum Gasteiger partial charge on any atom is 0.0441 e. The van der Waals surface area contributed by atoms with Gasteiger partial charge in [0.05, 0.1) is 0 Å². The van der Waals surface area contributed by atoms with Crippen molar-refractivity contribution >= 4 is 34.0 Å². The van der Waals surface area contributed by atoms with E-state index >= 15 is 0 Å². The second-order valence-corrected chi connectivity index (χ2v) is 6.39. The molecule has 0 aliphatic rings.